The molecule has 2 rings (SSSR count). The molecule has 1 fully saturated rings. The average Bonchev–Trinajstić information content (AvgIpc) is 3.06. The summed E-state index contributed by atoms with van der Waals surface area (Å²) in [6.07, 6.45) is 11.6. The standard InChI is InChI=1S/C20H32N2O4/c1-14(2)10-16(12-23)21-18(20(24)25)11-17-13-26-19(22-17)9-8-15-6-4-3-5-7-15/h12-16,18,21H,3-11H2,1-2H3,(H,24,25)/t16-,18-/m0/s1. The maximum Gasteiger partial charge on any atom is 0.321 e. The summed E-state index contributed by atoms with van der Waals surface area (Å²) >= 11 is 0. The molecule has 1 heterocycles. The van der Waals surface area contributed by atoms with Crippen molar-refractivity contribution >= 4 is 12.3 Å². The number of nitrogens with zero attached hydrogens (tertiary/aromatic N) is 1. The quantitative estimate of drug-likeness (QED) is 0.585. The molecule has 2 N–H and O–H groups in total. The molecule has 1 aliphatic rings. The third-order valence-electron chi connectivity index (χ3n) is 5.11. The molecule has 0 unspecified atom stereocenters. The van der Waals surface area contributed by atoms with Gasteiger partial charge in [-0.15, -0.1) is 0 Å². The van der Waals surface area contributed by atoms with E-state index in [0.29, 0.717) is 23.9 Å². The van der Waals surface area contributed by atoms with Gasteiger partial charge >= 0.3 is 5.97 Å². The number of carbonyl (C=O) groups excluding carboxylic acids is 1. The minimum atomic E-state index is -0.979. The highest BCUT2D eigenvalue weighted by atomic mass is 16.4. The lowest BCUT2D eigenvalue weighted by Crippen LogP contribution is -2.46. The molecule has 0 aromatic carbocycles. The van der Waals surface area contributed by atoms with E-state index < -0.39 is 18.1 Å². The SMILES string of the molecule is CC(C)C[C@@H](C=O)N[C@@H](Cc1coc(CCC2CCCCC2)n1)C(=O)O. The van der Waals surface area contributed by atoms with Crippen LogP contribution < -0.4 is 5.32 Å². The van der Waals surface area contributed by atoms with Gasteiger partial charge in [0.2, 0.25) is 0 Å². The highest BCUT2D eigenvalue weighted by molar-refractivity contribution is 5.74. The second-order valence-corrected chi connectivity index (χ2v) is 7.91. The first-order valence-corrected chi connectivity index (χ1v) is 9.85. The number of aliphatic carboxylic acids is 1. The zero-order valence-electron chi connectivity index (χ0n) is 15.9. The molecule has 6 heteroatoms. The maximum absolute atomic E-state index is 11.5. The van der Waals surface area contributed by atoms with Crippen molar-refractivity contribution in [2.75, 3.05) is 0 Å². The molecule has 146 valence electrons. The predicted molar refractivity (Wildman–Crippen MR) is 99.0 cm³/mol. The Labute approximate surface area is 155 Å². The van der Waals surface area contributed by atoms with Gasteiger partial charge in [-0.2, -0.15) is 0 Å². The van der Waals surface area contributed by atoms with Crippen LogP contribution in [-0.2, 0) is 22.4 Å². The van der Waals surface area contributed by atoms with Crippen LogP contribution in [0.3, 0.4) is 0 Å². The van der Waals surface area contributed by atoms with Crippen molar-refractivity contribution < 1.29 is 19.1 Å². The average molecular weight is 364 g/mol. The van der Waals surface area contributed by atoms with E-state index in [4.69, 9.17) is 4.42 Å². The van der Waals surface area contributed by atoms with Gasteiger partial charge in [-0.1, -0.05) is 46.0 Å². The molecule has 1 aromatic rings. The molecule has 0 bridgehead atoms. The van der Waals surface area contributed by atoms with E-state index in [1.165, 1.54) is 32.1 Å². The van der Waals surface area contributed by atoms with Crippen LogP contribution in [0, 0.1) is 11.8 Å². The summed E-state index contributed by atoms with van der Waals surface area (Å²) in [6.45, 7) is 4.01. The zero-order valence-corrected chi connectivity index (χ0v) is 15.9. The van der Waals surface area contributed by atoms with Gasteiger partial charge in [0.05, 0.1) is 11.7 Å². The Balaban J connectivity index is 1.87. The van der Waals surface area contributed by atoms with Gasteiger partial charge in [-0.05, 0) is 24.7 Å². The van der Waals surface area contributed by atoms with Crippen molar-refractivity contribution in [3.63, 3.8) is 0 Å². The fourth-order valence-electron chi connectivity index (χ4n) is 3.72. The van der Waals surface area contributed by atoms with Gasteiger partial charge in [-0.3, -0.25) is 10.1 Å². The largest absolute Gasteiger partial charge is 0.480 e. The summed E-state index contributed by atoms with van der Waals surface area (Å²) in [5, 5.41) is 12.4. The fourth-order valence-corrected chi connectivity index (χ4v) is 3.72. The van der Waals surface area contributed by atoms with Crippen molar-refractivity contribution in [1.82, 2.24) is 10.3 Å². The number of carboxylic acids is 1. The van der Waals surface area contributed by atoms with Crippen LogP contribution in [0.15, 0.2) is 10.7 Å². The molecule has 0 radical (unpaired) electrons. The second-order valence-electron chi connectivity index (χ2n) is 7.91. The Morgan fingerprint density at radius 1 is 1.38 bits per heavy atom. The number of rotatable bonds is 11. The minimum absolute atomic E-state index is 0.213. The predicted octanol–water partition coefficient (Wildman–Crippen LogP) is 3.39. The third-order valence-corrected chi connectivity index (χ3v) is 5.11. The number of aryl methyl sites for hydroxylation is 1. The van der Waals surface area contributed by atoms with E-state index in [0.717, 1.165) is 25.0 Å². The summed E-state index contributed by atoms with van der Waals surface area (Å²) in [7, 11) is 0. The normalized spacial score (nSPS) is 18.0. The molecule has 2 atom stereocenters. The second kappa shape index (κ2) is 10.5. The van der Waals surface area contributed by atoms with Crippen molar-refractivity contribution in [1.29, 1.82) is 0 Å². The Morgan fingerprint density at radius 3 is 2.73 bits per heavy atom. The number of oxazole rings is 1. The molecule has 0 spiro atoms. The monoisotopic (exact) mass is 364 g/mol. The number of nitrogens with one attached hydrogen (secondary N) is 1. The van der Waals surface area contributed by atoms with Gasteiger partial charge < -0.3 is 14.3 Å². The first kappa shape index (κ1) is 20.6. The lowest BCUT2D eigenvalue weighted by atomic mass is 9.86. The lowest BCUT2D eigenvalue weighted by molar-refractivity contribution is -0.139. The van der Waals surface area contributed by atoms with Gasteiger partial charge in [0, 0.05) is 12.8 Å². The van der Waals surface area contributed by atoms with Crippen molar-refractivity contribution in [3.05, 3.63) is 17.8 Å². The summed E-state index contributed by atoms with van der Waals surface area (Å²) in [5.41, 5.74) is 0.623. The maximum atomic E-state index is 11.5. The molecule has 26 heavy (non-hydrogen) atoms. The van der Waals surface area contributed by atoms with E-state index in [1.54, 1.807) is 6.26 Å². The third kappa shape index (κ3) is 6.90. The van der Waals surface area contributed by atoms with Gasteiger partial charge in [0.1, 0.15) is 18.6 Å². The van der Waals surface area contributed by atoms with Crippen molar-refractivity contribution in [2.24, 2.45) is 11.8 Å². The van der Waals surface area contributed by atoms with Crippen LogP contribution in [0.25, 0.3) is 0 Å². The van der Waals surface area contributed by atoms with Gasteiger partial charge in [0.25, 0.3) is 0 Å². The molecule has 1 aliphatic carbocycles. The summed E-state index contributed by atoms with van der Waals surface area (Å²) in [5.74, 6) is 0.777. The van der Waals surface area contributed by atoms with Gasteiger partial charge in [0.15, 0.2) is 5.89 Å². The lowest BCUT2D eigenvalue weighted by Gasteiger charge is -2.20. The summed E-state index contributed by atoms with van der Waals surface area (Å²) in [6, 6.07) is -1.31. The molecule has 0 saturated heterocycles. The number of aromatic nitrogens is 1. The summed E-state index contributed by atoms with van der Waals surface area (Å²) < 4.78 is 5.53. The van der Waals surface area contributed by atoms with E-state index in [9.17, 15) is 14.7 Å². The number of hydrogen-bond donors (Lipinski definition) is 2. The van der Waals surface area contributed by atoms with E-state index in [2.05, 4.69) is 10.3 Å². The Morgan fingerprint density at radius 2 is 2.12 bits per heavy atom. The van der Waals surface area contributed by atoms with Crippen molar-refractivity contribution in [2.45, 2.75) is 83.7 Å². The highest BCUT2D eigenvalue weighted by Gasteiger charge is 2.24. The van der Waals surface area contributed by atoms with Crippen LogP contribution in [0.2, 0.25) is 0 Å². The Hall–Kier alpha value is -1.69. The number of aldehydes is 1. The van der Waals surface area contributed by atoms with E-state index in [1.807, 2.05) is 13.8 Å². The van der Waals surface area contributed by atoms with E-state index >= 15 is 0 Å². The fraction of sp³-hybridized carbons (Fsp3) is 0.750. The summed E-state index contributed by atoms with van der Waals surface area (Å²) in [4.78, 5) is 27.2. The first-order valence-electron chi connectivity index (χ1n) is 9.85. The van der Waals surface area contributed by atoms with Crippen LogP contribution >= 0.6 is 0 Å². The molecule has 1 saturated carbocycles. The van der Waals surface area contributed by atoms with Crippen LogP contribution in [-0.4, -0.2) is 34.4 Å². The van der Waals surface area contributed by atoms with Crippen LogP contribution in [0.1, 0.15) is 70.4 Å². The van der Waals surface area contributed by atoms with Gasteiger partial charge in [-0.25, -0.2) is 4.98 Å². The molecular formula is C20H32N2O4. The topological polar surface area (TPSA) is 92.4 Å². The number of carbonyl (C=O) groups is 2. The number of carboxylic acid groups (broad SMARTS) is 1. The van der Waals surface area contributed by atoms with Crippen LogP contribution in [0.4, 0.5) is 0 Å². The molecule has 6 nitrogen and oxygen atoms in total. The van der Waals surface area contributed by atoms with Crippen LogP contribution in [0.5, 0.6) is 0 Å². The molecule has 0 aliphatic heterocycles. The zero-order chi connectivity index (χ0) is 18.9. The minimum Gasteiger partial charge on any atom is -0.480 e. The molecule has 0 amide bonds. The number of hydrogen-bond acceptors (Lipinski definition) is 5. The van der Waals surface area contributed by atoms with Crippen molar-refractivity contribution in [3.8, 4) is 0 Å². The Bertz CT molecular complexity index is 564. The Kier molecular flexibility index (Phi) is 8.29. The first-order chi connectivity index (χ1) is 12.5. The smallest absolute Gasteiger partial charge is 0.321 e. The molecular weight excluding hydrogens is 332 g/mol. The van der Waals surface area contributed by atoms with E-state index in [-0.39, 0.29) is 6.42 Å². The highest BCUT2D eigenvalue weighted by Crippen LogP contribution is 2.27. The molecule has 1 aromatic heterocycles.